The Kier molecular flexibility index (Phi) is 4.52. The molecular formula is C16H31N. The number of hydrogen-bond donors (Lipinski definition) is 1. The minimum Gasteiger partial charge on any atom is -0.311 e. The Labute approximate surface area is 108 Å². The summed E-state index contributed by atoms with van der Waals surface area (Å²) in [5.41, 5.74) is 0.590. The molecule has 100 valence electrons. The zero-order valence-corrected chi connectivity index (χ0v) is 12.1. The molecule has 0 aromatic carbocycles. The van der Waals surface area contributed by atoms with Crippen LogP contribution in [0.3, 0.4) is 0 Å². The highest BCUT2D eigenvalue weighted by Crippen LogP contribution is 2.34. The summed E-state index contributed by atoms with van der Waals surface area (Å²) < 4.78 is 0. The van der Waals surface area contributed by atoms with E-state index in [1.807, 2.05) is 0 Å². The van der Waals surface area contributed by atoms with Crippen LogP contribution in [0.5, 0.6) is 0 Å². The molecule has 1 nitrogen and oxygen atoms in total. The molecule has 0 aliphatic heterocycles. The average Bonchev–Trinajstić information content (AvgIpc) is 2.73. The lowest BCUT2D eigenvalue weighted by Crippen LogP contribution is -2.40. The van der Waals surface area contributed by atoms with E-state index in [2.05, 4.69) is 26.1 Å². The lowest BCUT2D eigenvalue weighted by Gasteiger charge is -2.27. The van der Waals surface area contributed by atoms with E-state index in [-0.39, 0.29) is 0 Å². The van der Waals surface area contributed by atoms with Crippen LogP contribution in [-0.4, -0.2) is 12.1 Å². The fourth-order valence-electron chi connectivity index (χ4n) is 3.79. The molecule has 0 bridgehead atoms. The molecule has 0 spiro atoms. The van der Waals surface area contributed by atoms with Gasteiger partial charge in [-0.15, -0.1) is 0 Å². The molecule has 0 saturated heterocycles. The van der Waals surface area contributed by atoms with Gasteiger partial charge in [0.25, 0.3) is 0 Å². The van der Waals surface area contributed by atoms with Gasteiger partial charge in [0.2, 0.25) is 0 Å². The van der Waals surface area contributed by atoms with Crippen molar-refractivity contribution in [2.75, 3.05) is 0 Å². The van der Waals surface area contributed by atoms with Crippen LogP contribution in [0.15, 0.2) is 0 Å². The first-order valence-corrected chi connectivity index (χ1v) is 7.83. The van der Waals surface area contributed by atoms with E-state index in [4.69, 9.17) is 0 Å². The van der Waals surface area contributed by atoms with Crippen molar-refractivity contribution >= 4 is 0 Å². The Morgan fingerprint density at radius 3 is 2.35 bits per heavy atom. The normalized spacial score (nSPS) is 32.3. The van der Waals surface area contributed by atoms with Gasteiger partial charge in [0.1, 0.15) is 0 Å². The van der Waals surface area contributed by atoms with Crippen molar-refractivity contribution in [1.82, 2.24) is 5.32 Å². The van der Waals surface area contributed by atoms with Crippen molar-refractivity contribution in [3.8, 4) is 0 Å². The Bertz CT molecular complexity index is 228. The van der Waals surface area contributed by atoms with Gasteiger partial charge in [-0.25, -0.2) is 0 Å². The SMILES string of the molecule is CC(NC1CCCC(C)(C)CC1)C1CCCC1. The monoisotopic (exact) mass is 237 g/mol. The first-order valence-electron chi connectivity index (χ1n) is 7.83. The van der Waals surface area contributed by atoms with Crippen LogP contribution in [0.2, 0.25) is 0 Å². The molecule has 0 aromatic heterocycles. The summed E-state index contributed by atoms with van der Waals surface area (Å²) in [7, 11) is 0. The quantitative estimate of drug-likeness (QED) is 0.712. The molecule has 1 N–H and O–H groups in total. The first-order chi connectivity index (χ1) is 8.07. The molecule has 17 heavy (non-hydrogen) atoms. The van der Waals surface area contributed by atoms with Crippen LogP contribution in [-0.2, 0) is 0 Å². The van der Waals surface area contributed by atoms with Gasteiger partial charge in [-0.3, -0.25) is 0 Å². The number of nitrogens with one attached hydrogen (secondary N) is 1. The summed E-state index contributed by atoms with van der Waals surface area (Å²) in [6.45, 7) is 7.30. The van der Waals surface area contributed by atoms with Gasteiger partial charge in [-0.1, -0.05) is 33.1 Å². The molecule has 1 heteroatoms. The summed E-state index contributed by atoms with van der Waals surface area (Å²) >= 11 is 0. The zero-order chi connectivity index (χ0) is 12.3. The molecule has 0 radical (unpaired) electrons. The summed E-state index contributed by atoms with van der Waals surface area (Å²) in [5, 5.41) is 3.94. The summed E-state index contributed by atoms with van der Waals surface area (Å²) in [5.74, 6) is 0.964. The smallest absolute Gasteiger partial charge is 0.00698 e. The van der Waals surface area contributed by atoms with E-state index >= 15 is 0 Å². The zero-order valence-electron chi connectivity index (χ0n) is 12.1. The van der Waals surface area contributed by atoms with Gasteiger partial charge in [0.05, 0.1) is 0 Å². The van der Waals surface area contributed by atoms with Gasteiger partial charge in [0.15, 0.2) is 0 Å². The van der Waals surface area contributed by atoms with Gasteiger partial charge < -0.3 is 5.32 Å². The van der Waals surface area contributed by atoms with Crippen LogP contribution in [0.1, 0.15) is 78.6 Å². The molecule has 2 aliphatic rings. The van der Waals surface area contributed by atoms with E-state index < -0.39 is 0 Å². The van der Waals surface area contributed by atoms with Crippen molar-refractivity contribution in [2.45, 2.75) is 90.6 Å². The van der Waals surface area contributed by atoms with Crippen molar-refractivity contribution in [2.24, 2.45) is 11.3 Å². The predicted molar refractivity (Wildman–Crippen MR) is 75.2 cm³/mol. The third kappa shape index (κ3) is 3.98. The minimum atomic E-state index is 0.590. The van der Waals surface area contributed by atoms with E-state index in [1.54, 1.807) is 0 Å². The molecule has 2 fully saturated rings. The Morgan fingerprint density at radius 2 is 1.65 bits per heavy atom. The molecule has 2 unspecified atom stereocenters. The highest BCUT2D eigenvalue weighted by molar-refractivity contribution is 4.84. The van der Waals surface area contributed by atoms with Gasteiger partial charge >= 0.3 is 0 Å². The molecule has 0 aromatic rings. The van der Waals surface area contributed by atoms with Gasteiger partial charge in [0, 0.05) is 12.1 Å². The highest BCUT2D eigenvalue weighted by Gasteiger charge is 2.27. The minimum absolute atomic E-state index is 0.590. The Balaban J connectivity index is 1.78. The fourth-order valence-corrected chi connectivity index (χ4v) is 3.79. The van der Waals surface area contributed by atoms with Gasteiger partial charge in [-0.2, -0.15) is 0 Å². The highest BCUT2D eigenvalue weighted by atomic mass is 15.0. The molecular weight excluding hydrogens is 206 g/mol. The van der Waals surface area contributed by atoms with E-state index in [1.165, 1.54) is 57.8 Å². The summed E-state index contributed by atoms with van der Waals surface area (Å²) in [4.78, 5) is 0. The van der Waals surface area contributed by atoms with E-state index in [9.17, 15) is 0 Å². The second-order valence-electron chi connectivity index (χ2n) is 7.29. The Hall–Kier alpha value is -0.0400. The van der Waals surface area contributed by atoms with Crippen LogP contribution in [0, 0.1) is 11.3 Å². The summed E-state index contributed by atoms with van der Waals surface area (Å²) in [6.07, 6.45) is 12.9. The fraction of sp³-hybridized carbons (Fsp3) is 1.00. The number of rotatable bonds is 3. The molecule has 2 atom stereocenters. The van der Waals surface area contributed by atoms with Crippen molar-refractivity contribution in [3.05, 3.63) is 0 Å². The maximum atomic E-state index is 3.94. The second-order valence-corrected chi connectivity index (χ2v) is 7.29. The third-order valence-corrected chi connectivity index (χ3v) is 5.18. The molecule has 2 saturated carbocycles. The van der Waals surface area contributed by atoms with Crippen LogP contribution in [0.25, 0.3) is 0 Å². The van der Waals surface area contributed by atoms with Crippen molar-refractivity contribution in [3.63, 3.8) is 0 Å². The van der Waals surface area contributed by atoms with Crippen LogP contribution in [0.4, 0.5) is 0 Å². The largest absolute Gasteiger partial charge is 0.311 e. The van der Waals surface area contributed by atoms with E-state index in [0.29, 0.717) is 5.41 Å². The maximum absolute atomic E-state index is 3.94. The number of hydrogen-bond acceptors (Lipinski definition) is 1. The lowest BCUT2D eigenvalue weighted by molar-refractivity contribution is 0.296. The first kappa shape index (κ1) is 13.4. The predicted octanol–water partition coefficient (Wildman–Crippen LogP) is 4.51. The maximum Gasteiger partial charge on any atom is 0.00698 e. The lowest BCUT2D eigenvalue weighted by atomic mass is 9.85. The van der Waals surface area contributed by atoms with Crippen LogP contribution < -0.4 is 5.32 Å². The summed E-state index contributed by atoms with van der Waals surface area (Å²) in [6, 6.07) is 1.55. The molecule has 2 aliphatic carbocycles. The van der Waals surface area contributed by atoms with Crippen molar-refractivity contribution in [1.29, 1.82) is 0 Å². The molecule has 0 amide bonds. The van der Waals surface area contributed by atoms with Gasteiger partial charge in [-0.05, 0) is 56.8 Å². The van der Waals surface area contributed by atoms with Crippen molar-refractivity contribution < 1.29 is 0 Å². The van der Waals surface area contributed by atoms with E-state index in [0.717, 1.165) is 18.0 Å². The second kappa shape index (κ2) is 5.73. The molecule has 2 rings (SSSR count). The third-order valence-electron chi connectivity index (χ3n) is 5.18. The average molecular weight is 237 g/mol. The standard InChI is InChI=1S/C16H31N/c1-13(14-7-4-5-8-14)17-15-9-6-11-16(2,3)12-10-15/h13-15,17H,4-12H2,1-3H3. The molecule has 0 heterocycles. The van der Waals surface area contributed by atoms with Crippen LogP contribution >= 0.6 is 0 Å². The topological polar surface area (TPSA) is 12.0 Å². The Morgan fingerprint density at radius 1 is 0.941 bits per heavy atom.